The van der Waals surface area contributed by atoms with Gasteiger partial charge in [0.1, 0.15) is 12.4 Å². The Bertz CT molecular complexity index is 1150. The number of benzene rings is 2. The average molecular weight is 491 g/mol. The van der Waals surface area contributed by atoms with Gasteiger partial charge in [0.05, 0.1) is 21.7 Å². The number of nitrogens with zero attached hydrogens (tertiary/aromatic N) is 1. The first kappa shape index (κ1) is 22.7. The quantitative estimate of drug-likeness (QED) is 0.646. The number of sulfone groups is 1. The third-order valence-corrected chi connectivity index (χ3v) is 9.65. The van der Waals surface area contributed by atoms with E-state index < -0.39 is 26.6 Å². The highest BCUT2D eigenvalue weighted by Gasteiger charge is 2.48. The van der Waals surface area contributed by atoms with Crippen LogP contribution in [0.1, 0.15) is 31.2 Å². The van der Waals surface area contributed by atoms with Crippen molar-refractivity contribution in [3.8, 4) is 5.75 Å². The number of nitrogens with one attached hydrogen (secondary N) is 1. The van der Waals surface area contributed by atoms with E-state index in [1.54, 1.807) is 30.3 Å². The summed E-state index contributed by atoms with van der Waals surface area (Å²) < 4.78 is 30.9. The lowest BCUT2D eigenvalue weighted by Gasteiger charge is -2.38. The minimum atomic E-state index is -3.39. The zero-order chi connectivity index (χ0) is 23.2. The van der Waals surface area contributed by atoms with Crippen LogP contribution in [0.15, 0.2) is 47.4 Å². The van der Waals surface area contributed by atoms with E-state index in [0.717, 1.165) is 43.7 Å². The number of aliphatic hydroxyl groups excluding tert-OH is 1. The summed E-state index contributed by atoms with van der Waals surface area (Å²) in [5.74, 6) is 0.678. The van der Waals surface area contributed by atoms with Crippen LogP contribution in [-0.4, -0.2) is 61.9 Å². The van der Waals surface area contributed by atoms with Gasteiger partial charge in [-0.2, -0.15) is 0 Å². The van der Waals surface area contributed by atoms with Crippen molar-refractivity contribution >= 4 is 33.0 Å². The Morgan fingerprint density at radius 2 is 1.82 bits per heavy atom. The number of carbonyl (C=O) groups excluding carboxylic acids is 1. The minimum absolute atomic E-state index is 0.0575. The van der Waals surface area contributed by atoms with Crippen molar-refractivity contribution in [2.75, 3.05) is 31.6 Å². The number of aliphatic hydroxyl groups is 1. The second-order valence-corrected chi connectivity index (χ2v) is 11.8. The Kier molecular flexibility index (Phi) is 5.89. The standard InChI is InChI=1S/C24H27ClN2O5S/c25-16-1-6-22-21(13-16)24(23(29)26-22)7-9-27(10-8-24)11-12-32-18-2-4-19(5-3-18)33(30,31)20-14-17(28)15-20/h1-6,13,17,20,28H,7-12,14-15H2,(H,26,29). The van der Waals surface area contributed by atoms with Crippen molar-refractivity contribution < 1.29 is 23.1 Å². The van der Waals surface area contributed by atoms with E-state index in [9.17, 15) is 18.3 Å². The molecular weight excluding hydrogens is 464 g/mol. The molecule has 3 aliphatic rings. The second-order valence-electron chi connectivity index (χ2n) is 9.18. The number of fused-ring (bicyclic) bond motifs is 2. The van der Waals surface area contributed by atoms with Crippen molar-refractivity contribution in [3.05, 3.63) is 53.1 Å². The maximum Gasteiger partial charge on any atom is 0.235 e. The summed E-state index contributed by atoms with van der Waals surface area (Å²) in [6.07, 6.45) is 1.56. The van der Waals surface area contributed by atoms with Crippen molar-refractivity contribution in [1.82, 2.24) is 4.90 Å². The van der Waals surface area contributed by atoms with Crippen LogP contribution in [0.3, 0.4) is 0 Å². The molecule has 2 heterocycles. The fourth-order valence-electron chi connectivity index (χ4n) is 5.04. The maximum absolute atomic E-state index is 12.8. The molecule has 2 aromatic rings. The summed E-state index contributed by atoms with van der Waals surface area (Å²) in [5, 5.41) is 12.5. The van der Waals surface area contributed by atoms with Gasteiger partial charge in [-0.25, -0.2) is 8.42 Å². The van der Waals surface area contributed by atoms with E-state index in [2.05, 4.69) is 10.2 Å². The molecule has 0 aromatic heterocycles. The third-order valence-electron chi connectivity index (χ3n) is 7.23. The van der Waals surface area contributed by atoms with Crippen LogP contribution in [0.2, 0.25) is 5.02 Å². The lowest BCUT2D eigenvalue weighted by atomic mass is 9.73. The van der Waals surface area contributed by atoms with Crippen LogP contribution in [0.5, 0.6) is 5.75 Å². The number of amides is 1. The predicted molar refractivity (Wildman–Crippen MR) is 126 cm³/mol. The molecular formula is C24H27ClN2O5S. The van der Waals surface area contributed by atoms with Gasteiger partial charge in [0.25, 0.3) is 0 Å². The summed E-state index contributed by atoms with van der Waals surface area (Å²) >= 11 is 6.19. The number of rotatable bonds is 6. The first-order chi connectivity index (χ1) is 15.8. The second kappa shape index (κ2) is 8.58. The summed E-state index contributed by atoms with van der Waals surface area (Å²) in [6, 6.07) is 12.1. The van der Waals surface area contributed by atoms with Crippen molar-refractivity contribution in [3.63, 3.8) is 0 Å². The highest BCUT2D eigenvalue weighted by Crippen LogP contribution is 2.45. The molecule has 1 aliphatic carbocycles. The van der Waals surface area contributed by atoms with Gasteiger partial charge in [-0.1, -0.05) is 11.6 Å². The van der Waals surface area contributed by atoms with Crippen LogP contribution < -0.4 is 10.1 Å². The third kappa shape index (κ3) is 4.14. The van der Waals surface area contributed by atoms with Gasteiger partial charge in [-0.15, -0.1) is 0 Å². The number of hydrogen-bond acceptors (Lipinski definition) is 6. The molecule has 1 amide bonds. The predicted octanol–water partition coefficient (Wildman–Crippen LogP) is 3.00. The number of halogens is 1. The molecule has 0 unspecified atom stereocenters. The molecule has 5 rings (SSSR count). The molecule has 7 nitrogen and oxygen atoms in total. The van der Waals surface area contributed by atoms with Crippen molar-refractivity contribution in [1.29, 1.82) is 0 Å². The topological polar surface area (TPSA) is 95.9 Å². The SMILES string of the molecule is O=C1Nc2ccc(Cl)cc2C12CCN(CCOc1ccc(S(=O)(=O)C3CC(O)C3)cc1)CC2. The smallest absolute Gasteiger partial charge is 0.235 e. The van der Waals surface area contributed by atoms with E-state index >= 15 is 0 Å². The molecule has 2 N–H and O–H groups in total. The fraction of sp³-hybridized carbons (Fsp3) is 0.458. The van der Waals surface area contributed by atoms with Gasteiger partial charge in [0, 0.05) is 17.3 Å². The van der Waals surface area contributed by atoms with Crippen LogP contribution in [-0.2, 0) is 20.0 Å². The van der Waals surface area contributed by atoms with E-state index in [-0.39, 0.29) is 10.8 Å². The molecule has 0 radical (unpaired) electrons. The van der Waals surface area contributed by atoms with Gasteiger partial charge in [0.2, 0.25) is 5.91 Å². The molecule has 2 fully saturated rings. The molecule has 2 aromatic carbocycles. The normalized spacial score (nSPS) is 24.2. The van der Waals surface area contributed by atoms with Gasteiger partial charge >= 0.3 is 0 Å². The Morgan fingerprint density at radius 3 is 2.48 bits per heavy atom. The first-order valence-corrected chi connectivity index (χ1v) is 13.2. The highest BCUT2D eigenvalue weighted by molar-refractivity contribution is 7.92. The molecule has 0 bridgehead atoms. The van der Waals surface area contributed by atoms with Gasteiger partial charge in [0.15, 0.2) is 9.84 Å². The van der Waals surface area contributed by atoms with E-state index in [4.69, 9.17) is 16.3 Å². The largest absolute Gasteiger partial charge is 0.492 e. The van der Waals surface area contributed by atoms with Crippen LogP contribution >= 0.6 is 11.6 Å². The number of anilines is 1. The van der Waals surface area contributed by atoms with Crippen LogP contribution in [0.25, 0.3) is 0 Å². The Morgan fingerprint density at radius 1 is 1.12 bits per heavy atom. The zero-order valence-corrected chi connectivity index (χ0v) is 19.7. The van der Waals surface area contributed by atoms with Crippen molar-refractivity contribution in [2.24, 2.45) is 0 Å². The van der Waals surface area contributed by atoms with Crippen LogP contribution in [0.4, 0.5) is 5.69 Å². The van der Waals surface area contributed by atoms with Crippen LogP contribution in [0, 0.1) is 0 Å². The Balaban J connectivity index is 1.13. The van der Waals surface area contributed by atoms with Crippen molar-refractivity contribution in [2.45, 2.75) is 47.3 Å². The first-order valence-electron chi connectivity index (χ1n) is 11.3. The molecule has 1 spiro atoms. The lowest BCUT2D eigenvalue weighted by Crippen LogP contribution is -2.47. The molecule has 33 heavy (non-hydrogen) atoms. The molecule has 9 heteroatoms. The fourth-order valence-corrected chi connectivity index (χ4v) is 7.07. The number of carbonyl (C=O) groups is 1. The van der Waals surface area contributed by atoms with E-state index in [1.165, 1.54) is 0 Å². The molecule has 1 saturated heterocycles. The monoisotopic (exact) mass is 490 g/mol. The van der Waals surface area contributed by atoms with E-state index in [1.807, 2.05) is 12.1 Å². The molecule has 1 saturated carbocycles. The molecule has 0 atom stereocenters. The number of likely N-dealkylation sites (tertiary alicyclic amines) is 1. The molecule has 176 valence electrons. The lowest BCUT2D eigenvalue weighted by molar-refractivity contribution is -0.122. The number of hydrogen-bond donors (Lipinski definition) is 2. The molecule has 2 aliphatic heterocycles. The van der Waals surface area contributed by atoms with E-state index in [0.29, 0.717) is 30.2 Å². The summed E-state index contributed by atoms with van der Waals surface area (Å²) in [7, 11) is -3.39. The van der Waals surface area contributed by atoms with Gasteiger partial charge in [-0.3, -0.25) is 9.69 Å². The maximum atomic E-state index is 12.8. The Labute approximate surface area is 198 Å². The van der Waals surface area contributed by atoms with Gasteiger partial charge < -0.3 is 15.2 Å². The van der Waals surface area contributed by atoms with Gasteiger partial charge in [-0.05, 0) is 86.8 Å². The summed E-state index contributed by atoms with van der Waals surface area (Å²) in [6.45, 7) is 2.77. The zero-order valence-electron chi connectivity index (χ0n) is 18.2. The average Bonchev–Trinajstić information content (AvgIpc) is 3.04. The minimum Gasteiger partial charge on any atom is -0.492 e. The summed E-state index contributed by atoms with van der Waals surface area (Å²) in [5.41, 5.74) is 1.36. The Hall–Kier alpha value is -2.13. The summed E-state index contributed by atoms with van der Waals surface area (Å²) in [4.78, 5) is 15.3. The number of piperidine rings is 1. The highest BCUT2D eigenvalue weighted by atomic mass is 35.5. The number of ether oxygens (including phenoxy) is 1.